The minimum absolute atomic E-state index is 0.973. The zero-order valence-electron chi connectivity index (χ0n) is 10.2. The topological polar surface area (TPSA) is 28.7 Å². The zero-order chi connectivity index (χ0) is 12.6. The summed E-state index contributed by atoms with van der Waals surface area (Å²) in [6.45, 7) is 3.66. The maximum atomic E-state index is 4.06. The van der Waals surface area contributed by atoms with Gasteiger partial charge >= 0.3 is 0 Å². The molecule has 0 amide bonds. The molecule has 2 heteroatoms. The summed E-state index contributed by atoms with van der Waals surface area (Å²) in [7, 11) is 0. The van der Waals surface area contributed by atoms with Gasteiger partial charge in [0.15, 0.2) is 0 Å². The van der Waals surface area contributed by atoms with Crippen molar-refractivity contribution >= 4 is 11.0 Å². The van der Waals surface area contributed by atoms with Gasteiger partial charge in [0.1, 0.15) is 0 Å². The molecule has 0 saturated heterocycles. The van der Waals surface area contributed by atoms with E-state index in [1.165, 1.54) is 5.56 Å². The Balaban J connectivity index is 0.000000134. The third-order valence-electron chi connectivity index (χ3n) is 2.55. The number of rotatable bonds is 2. The normalized spacial score (nSPS) is 9.56. The fourth-order valence-corrected chi connectivity index (χ4v) is 1.66. The maximum absolute atomic E-state index is 4.06. The highest BCUT2D eigenvalue weighted by molar-refractivity contribution is 5.73. The molecule has 0 aliphatic heterocycles. The van der Waals surface area contributed by atoms with E-state index in [1.807, 2.05) is 48.5 Å². The number of nitrogens with zero attached hydrogens (tertiary/aromatic N) is 1. The van der Waals surface area contributed by atoms with Crippen molar-refractivity contribution in [2.45, 2.75) is 6.42 Å². The lowest BCUT2D eigenvalue weighted by molar-refractivity contribution is 1.28. The molecule has 1 N–H and O–H groups in total. The number of para-hydroxylation sites is 2. The van der Waals surface area contributed by atoms with Gasteiger partial charge in [-0.2, -0.15) is 0 Å². The Bertz CT molecular complexity index is 566. The third kappa shape index (κ3) is 3.32. The zero-order valence-corrected chi connectivity index (χ0v) is 10.2. The highest BCUT2D eigenvalue weighted by Crippen LogP contribution is 2.05. The molecule has 3 aromatic rings. The van der Waals surface area contributed by atoms with Gasteiger partial charge in [0.25, 0.3) is 0 Å². The van der Waals surface area contributed by atoms with E-state index in [-0.39, 0.29) is 0 Å². The van der Waals surface area contributed by atoms with Crippen LogP contribution in [0.2, 0.25) is 0 Å². The van der Waals surface area contributed by atoms with Crippen molar-refractivity contribution in [2.75, 3.05) is 0 Å². The number of allylic oxidation sites excluding steroid dienone is 1. The number of imidazole rings is 1. The Hall–Kier alpha value is -2.35. The number of hydrogen-bond donors (Lipinski definition) is 1. The first-order valence-corrected chi connectivity index (χ1v) is 5.93. The molecule has 0 fully saturated rings. The lowest BCUT2D eigenvalue weighted by atomic mass is 10.2. The van der Waals surface area contributed by atoms with Crippen LogP contribution >= 0.6 is 0 Å². The number of aromatic nitrogens is 2. The average molecular weight is 236 g/mol. The number of H-pyrrole nitrogens is 1. The van der Waals surface area contributed by atoms with Crippen molar-refractivity contribution in [3.8, 4) is 0 Å². The van der Waals surface area contributed by atoms with E-state index in [9.17, 15) is 0 Å². The van der Waals surface area contributed by atoms with Crippen LogP contribution < -0.4 is 0 Å². The van der Waals surface area contributed by atoms with E-state index in [1.54, 1.807) is 6.33 Å². The summed E-state index contributed by atoms with van der Waals surface area (Å²) in [6.07, 6.45) is 4.58. The molecule has 2 nitrogen and oxygen atoms in total. The number of nitrogens with one attached hydrogen (secondary N) is 1. The first-order chi connectivity index (χ1) is 8.90. The summed E-state index contributed by atoms with van der Waals surface area (Å²) >= 11 is 0. The van der Waals surface area contributed by atoms with Gasteiger partial charge in [-0.3, -0.25) is 0 Å². The number of benzene rings is 2. The lowest BCUT2D eigenvalue weighted by Gasteiger charge is -1.91. The summed E-state index contributed by atoms with van der Waals surface area (Å²) in [5, 5.41) is 0. The molecule has 0 spiro atoms. The summed E-state index contributed by atoms with van der Waals surface area (Å²) in [6, 6.07) is 18.2. The van der Waals surface area contributed by atoms with Crippen molar-refractivity contribution in [3.63, 3.8) is 0 Å². The molecule has 0 bridgehead atoms. The van der Waals surface area contributed by atoms with Gasteiger partial charge in [0.2, 0.25) is 0 Å². The van der Waals surface area contributed by atoms with Crippen molar-refractivity contribution in [1.29, 1.82) is 0 Å². The van der Waals surface area contributed by atoms with E-state index in [0.29, 0.717) is 0 Å². The predicted octanol–water partition coefficient (Wildman–Crippen LogP) is 3.98. The molecule has 3 rings (SSSR count). The fraction of sp³-hybridized carbons (Fsp3) is 0.0625. The van der Waals surface area contributed by atoms with Gasteiger partial charge in [-0.1, -0.05) is 48.5 Å². The lowest BCUT2D eigenvalue weighted by Crippen LogP contribution is -1.75. The molecule has 0 unspecified atom stereocenters. The number of fused-ring (bicyclic) bond motifs is 1. The van der Waals surface area contributed by atoms with Crippen molar-refractivity contribution in [1.82, 2.24) is 9.97 Å². The molecule has 0 atom stereocenters. The Morgan fingerprint density at radius 3 is 2.44 bits per heavy atom. The van der Waals surface area contributed by atoms with Gasteiger partial charge in [-0.15, -0.1) is 6.58 Å². The molecule has 0 aliphatic carbocycles. The highest BCUT2D eigenvalue weighted by Gasteiger charge is 1.88. The Morgan fingerprint density at radius 2 is 1.72 bits per heavy atom. The Morgan fingerprint density at radius 1 is 1.00 bits per heavy atom. The van der Waals surface area contributed by atoms with E-state index < -0.39 is 0 Å². The summed E-state index contributed by atoms with van der Waals surface area (Å²) < 4.78 is 0. The second-order valence-electron chi connectivity index (χ2n) is 3.90. The van der Waals surface area contributed by atoms with Gasteiger partial charge < -0.3 is 4.98 Å². The van der Waals surface area contributed by atoms with Crippen LogP contribution in [0.3, 0.4) is 0 Å². The second kappa shape index (κ2) is 6.40. The van der Waals surface area contributed by atoms with Crippen LogP contribution in [0.25, 0.3) is 11.0 Å². The third-order valence-corrected chi connectivity index (χ3v) is 2.55. The number of aromatic amines is 1. The first kappa shape index (κ1) is 12.1. The summed E-state index contributed by atoms with van der Waals surface area (Å²) in [5.41, 5.74) is 3.45. The van der Waals surface area contributed by atoms with E-state index in [4.69, 9.17) is 0 Å². The van der Waals surface area contributed by atoms with Crippen molar-refractivity contribution in [3.05, 3.63) is 79.1 Å². The maximum Gasteiger partial charge on any atom is 0.0931 e. The summed E-state index contributed by atoms with van der Waals surface area (Å²) in [4.78, 5) is 7.07. The molecular weight excluding hydrogens is 220 g/mol. The molecule has 2 aromatic carbocycles. The van der Waals surface area contributed by atoms with E-state index >= 15 is 0 Å². The van der Waals surface area contributed by atoms with Crippen molar-refractivity contribution < 1.29 is 0 Å². The minimum atomic E-state index is 0.973. The van der Waals surface area contributed by atoms with Gasteiger partial charge in [0.05, 0.1) is 17.4 Å². The average Bonchev–Trinajstić information content (AvgIpc) is 2.89. The first-order valence-electron chi connectivity index (χ1n) is 5.93. The smallest absolute Gasteiger partial charge is 0.0931 e. The van der Waals surface area contributed by atoms with Crippen molar-refractivity contribution in [2.24, 2.45) is 0 Å². The van der Waals surface area contributed by atoms with Crippen LogP contribution in [0.1, 0.15) is 5.56 Å². The van der Waals surface area contributed by atoms with Gasteiger partial charge in [-0.05, 0) is 24.1 Å². The number of hydrogen-bond acceptors (Lipinski definition) is 1. The molecule has 1 aromatic heterocycles. The molecule has 90 valence electrons. The Labute approximate surface area is 107 Å². The standard InChI is InChI=1S/C9H10.C7H6N2/c1-2-6-9-7-4-3-5-8-9;1-2-4-7-6(3-1)8-5-9-7/h2-5,7-8H,1,6H2;1-5H,(H,8,9). The van der Waals surface area contributed by atoms with Crippen LogP contribution in [-0.4, -0.2) is 9.97 Å². The summed E-state index contributed by atoms with van der Waals surface area (Å²) in [5.74, 6) is 0. The Kier molecular flexibility index (Phi) is 4.31. The van der Waals surface area contributed by atoms with Crippen LogP contribution in [0.4, 0.5) is 0 Å². The van der Waals surface area contributed by atoms with Gasteiger partial charge in [0, 0.05) is 0 Å². The van der Waals surface area contributed by atoms with Crippen LogP contribution in [-0.2, 0) is 6.42 Å². The molecule has 0 saturated carbocycles. The molecule has 18 heavy (non-hydrogen) atoms. The van der Waals surface area contributed by atoms with Crippen LogP contribution in [0.5, 0.6) is 0 Å². The van der Waals surface area contributed by atoms with E-state index in [0.717, 1.165) is 17.5 Å². The monoisotopic (exact) mass is 236 g/mol. The molecular formula is C16H16N2. The predicted molar refractivity (Wildman–Crippen MR) is 76.4 cm³/mol. The molecule has 0 radical (unpaired) electrons. The van der Waals surface area contributed by atoms with E-state index in [2.05, 4.69) is 28.7 Å². The quantitative estimate of drug-likeness (QED) is 0.670. The molecule has 1 heterocycles. The largest absolute Gasteiger partial charge is 0.345 e. The minimum Gasteiger partial charge on any atom is -0.345 e. The van der Waals surface area contributed by atoms with Crippen LogP contribution in [0, 0.1) is 0 Å². The second-order valence-corrected chi connectivity index (χ2v) is 3.90. The SMILES string of the molecule is C=CCc1ccccc1.c1ccc2[nH]cnc2c1. The van der Waals surface area contributed by atoms with Crippen LogP contribution in [0.15, 0.2) is 73.6 Å². The molecule has 0 aliphatic rings. The highest BCUT2D eigenvalue weighted by atomic mass is 14.9. The fourth-order valence-electron chi connectivity index (χ4n) is 1.66. The van der Waals surface area contributed by atoms with Gasteiger partial charge in [-0.25, -0.2) is 4.98 Å².